The molecule has 1 N–H and O–H groups in total. The van der Waals surface area contributed by atoms with Gasteiger partial charge in [-0.1, -0.05) is 37.3 Å². The molecular formula is C10H19N3O. The van der Waals surface area contributed by atoms with Crippen LogP contribution in [0.15, 0.2) is 10.7 Å². The van der Waals surface area contributed by atoms with Crippen LogP contribution in [0, 0.1) is 0 Å². The molecule has 0 aliphatic rings. The fraction of sp³-hybridized carbons (Fsp3) is 0.800. The maximum Gasteiger partial charge on any atom is 0.222 e. The number of hydrogen-bond acceptors (Lipinski definition) is 2. The standard InChI is InChI=1S/C10H19N3O/c1-2-3-4-5-6-7-8-13-9-10(11)14-12-13/h9,11H,2-8H2,1H3. The second-order valence-electron chi connectivity index (χ2n) is 3.60. The Hall–Kier alpha value is -1.06. The van der Waals surface area contributed by atoms with Crippen molar-refractivity contribution < 1.29 is 9.20 Å². The molecule has 1 aromatic heterocycles. The van der Waals surface area contributed by atoms with Gasteiger partial charge in [0.1, 0.15) is 5.88 Å². The van der Waals surface area contributed by atoms with Gasteiger partial charge in [-0.25, -0.2) is 0 Å². The van der Waals surface area contributed by atoms with Crippen molar-refractivity contribution >= 4 is 5.88 Å². The molecule has 14 heavy (non-hydrogen) atoms. The molecule has 0 saturated heterocycles. The largest absolute Gasteiger partial charge is 0.660 e. The fourth-order valence-electron chi connectivity index (χ4n) is 1.44. The monoisotopic (exact) mass is 197 g/mol. The molecule has 0 bridgehead atoms. The van der Waals surface area contributed by atoms with Gasteiger partial charge in [0.25, 0.3) is 0 Å². The summed E-state index contributed by atoms with van der Waals surface area (Å²) in [5.41, 5.74) is 7.14. The maximum atomic E-state index is 7.14. The predicted molar refractivity (Wildman–Crippen MR) is 54.1 cm³/mol. The lowest BCUT2D eigenvalue weighted by Crippen LogP contribution is -2.34. The van der Waals surface area contributed by atoms with Crippen molar-refractivity contribution in [2.24, 2.45) is 0 Å². The van der Waals surface area contributed by atoms with E-state index in [-0.39, 0.29) is 5.88 Å². The van der Waals surface area contributed by atoms with E-state index in [2.05, 4.69) is 16.7 Å². The second kappa shape index (κ2) is 6.40. The Morgan fingerprint density at radius 3 is 2.64 bits per heavy atom. The molecule has 1 aromatic rings. The number of aromatic nitrogens is 2. The smallest absolute Gasteiger partial charge is 0.222 e. The molecule has 0 fully saturated rings. The molecule has 0 aliphatic carbocycles. The Morgan fingerprint density at radius 1 is 1.29 bits per heavy atom. The summed E-state index contributed by atoms with van der Waals surface area (Å²) < 4.78 is 6.34. The van der Waals surface area contributed by atoms with E-state index in [0.717, 1.165) is 13.0 Å². The van der Waals surface area contributed by atoms with E-state index in [1.807, 2.05) is 0 Å². The SMILES string of the molecule is CCCCCCCC[n+]1cc([NH-])on1. The average molecular weight is 197 g/mol. The van der Waals surface area contributed by atoms with Crippen molar-refractivity contribution in [3.8, 4) is 0 Å². The zero-order chi connectivity index (χ0) is 10.2. The van der Waals surface area contributed by atoms with Gasteiger partial charge in [-0.15, -0.1) is 0 Å². The fourth-order valence-corrected chi connectivity index (χ4v) is 1.44. The molecule has 1 heterocycles. The minimum Gasteiger partial charge on any atom is -0.660 e. The van der Waals surface area contributed by atoms with E-state index >= 15 is 0 Å². The molecule has 0 radical (unpaired) electrons. The van der Waals surface area contributed by atoms with Crippen molar-refractivity contribution in [1.29, 1.82) is 0 Å². The topological polar surface area (TPSA) is 53.7 Å². The Bertz CT molecular complexity index is 247. The molecule has 0 amide bonds. The molecule has 1 rings (SSSR count). The Balaban J connectivity index is 1.99. The molecule has 0 unspecified atom stereocenters. The Labute approximate surface area is 85.1 Å². The number of nitrogens with one attached hydrogen (secondary N) is 1. The zero-order valence-electron chi connectivity index (χ0n) is 8.83. The molecule has 0 atom stereocenters. The number of rotatable bonds is 7. The van der Waals surface area contributed by atoms with Gasteiger partial charge >= 0.3 is 0 Å². The molecule has 80 valence electrons. The summed E-state index contributed by atoms with van der Waals surface area (Å²) in [5.74, 6) is 0.135. The highest BCUT2D eigenvalue weighted by Crippen LogP contribution is 2.05. The lowest BCUT2D eigenvalue weighted by molar-refractivity contribution is -0.762. The van der Waals surface area contributed by atoms with Crippen LogP contribution in [0.5, 0.6) is 0 Å². The minimum absolute atomic E-state index is 0.135. The molecule has 4 nitrogen and oxygen atoms in total. The third-order valence-electron chi connectivity index (χ3n) is 2.25. The summed E-state index contributed by atoms with van der Waals surface area (Å²) in [7, 11) is 0. The van der Waals surface area contributed by atoms with E-state index in [0.29, 0.717) is 0 Å². The average Bonchev–Trinajstić information content (AvgIpc) is 2.58. The van der Waals surface area contributed by atoms with Crippen LogP contribution in [0.2, 0.25) is 0 Å². The molecule has 0 saturated carbocycles. The van der Waals surface area contributed by atoms with Crippen LogP contribution in [0.25, 0.3) is 5.73 Å². The van der Waals surface area contributed by atoms with E-state index in [1.165, 1.54) is 32.1 Å². The van der Waals surface area contributed by atoms with Crippen LogP contribution in [0.1, 0.15) is 45.4 Å². The molecule has 0 aromatic carbocycles. The second-order valence-corrected chi connectivity index (χ2v) is 3.60. The van der Waals surface area contributed by atoms with Crippen LogP contribution in [0.4, 0.5) is 5.88 Å². The molecular weight excluding hydrogens is 178 g/mol. The van der Waals surface area contributed by atoms with Crippen molar-refractivity contribution in [1.82, 2.24) is 5.27 Å². The summed E-state index contributed by atoms with van der Waals surface area (Å²) in [6.07, 6.45) is 9.26. The normalized spacial score (nSPS) is 10.6. The van der Waals surface area contributed by atoms with Crippen molar-refractivity contribution in [3.63, 3.8) is 0 Å². The van der Waals surface area contributed by atoms with Gasteiger partial charge in [-0.3, -0.25) is 0 Å². The van der Waals surface area contributed by atoms with Gasteiger partial charge in [0.05, 0.1) is 0 Å². The van der Waals surface area contributed by atoms with Crippen LogP contribution in [-0.2, 0) is 6.54 Å². The van der Waals surface area contributed by atoms with Crippen LogP contribution >= 0.6 is 0 Å². The third kappa shape index (κ3) is 4.25. The van der Waals surface area contributed by atoms with E-state index in [4.69, 9.17) is 5.73 Å². The van der Waals surface area contributed by atoms with Gasteiger partial charge in [0.2, 0.25) is 6.20 Å². The molecule has 0 spiro atoms. The van der Waals surface area contributed by atoms with Crippen molar-refractivity contribution in [3.05, 3.63) is 11.9 Å². The first kappa shape index (κ1) is 11.0. The van der Waals surface area contributed by atoms with Gasteiger partial charge < -0.3 is 10.3 Å². The lowest BCUT2D eigenvalue weighted by Gasteiger charge is -1.95. The van der Waals surface area contributed by atoms with E-state index < -0.39 is 0 Å². The van der Waals surface area contributed by atoms with Crippen LogP contribution < -0.4 is 4.68 Å². The highest BCUT2D eigenvalue weighted by Gasteiger charge is 2.03. The summed E-state index contributed by atoms with van der Waals surface area (Å²) >= 11 is 0. The molecule has 0 aliphatic heterocycles. The summed E-state index contributed by atoms with van der Waals surface area (Å²) in [5, 5.41) is 3.70. The predicted octanol–water partition coefficient (Wildman–Crippen LogP) is 3.01. The van der Waals surface area contributed by atoms with Gasteiger partial charge in [0, 0.05) is 6.42 Å². The van der Waals surface area contributed by atoms with Gasteiger partial charge in [-0.2, -0.15) is 0 Å². The lowest BCUT2D eigenvalue weighted by atomic mass is 10.1. The first-order valence-electron chi connectivity index (χ1n) is 5.41. The minimum atomic E-state index is 0.135. The molecule has 4 heteroatoms. The van der Waals surface area contributed by atoms with Gasteiger partial charge in [0.15, 0.2) is 11.8 Å². The summed E-state index contributed by atoms with van der Waals surface area (Å²) in [6, 6.07) is 0. The first-order chi connectivity index (χ1) is 6.83. The van der Waals surface area contributed by atoms with Crippen molar-refractivity contribution in [2.45, 2.75) is 52.0 Å². The highest BCUT2D eigenvalue weighted by molar-refractivity contribution is 5.19. The van der Waals surface area contributed by atoms with Crippen LogP contribution in [0.3, 0.4) is 0 Å². The van der Waals surface area contributed by atoms with Crippen LogP contribution in [-0.4, -0.2) is 5.27 Å². The number of hydrogen-bond donors (Lipinski definition) is 0. The third-order valence-corrected chi connectivity index (χ3v) is 2.25. The number of aryl methyl sites for hydroxylation is 1. The quantitative estimate of drug-likeness (QED) is 0.498. The summed E-state index contributed by atoms with van der Waals surface area (Å²) in [6.45, 7) is 3.09. The van der Waals surface area contributed by atoms with Gasteiger partial charge in [-0.05, 0) is 6.42 Å². The Morgan fingerprint density at radius 2 is 2.00 bits per heavy atom. The van der Waals surface area contributed by atoms with Crippen molar-refractivity contribution in [2.75, 3.05) is 0 Å². The zero-order valence-corrected chi connectivity index (χ0v) is 8.83. The van der Waals surface area contributed by atoms with E-state index in [1.54, 1.807) is 10.9 Å². The summed E-state index contributed by atoms with van der Waals surface area (Å²) in [4.78, 5) is 0. The highest BCUT2D eigenvalue weighted by atomic mass is 16.5. The first-order valence-corrected chi connectivity index (χ1v) is 5.41. The number of unbranched alkanes of at least 4 members (excludes halogenated alkanes) is 5. The Kier molecular flexibility index (Phi) is 5.04. The maximum absolute atomic E-state index is 7.14. The van der Waals surface area contributed by atoms with E-state index in [9.17, 15) is 0 Å². The number of nitrogens with zero attached hydrogens (tertiary/aromatic N) is 2.